The first kappa shape index (κ1) is 20.2. The summed E-state index contributed by atoms with van der Waals surface area (Å²) in [4.78, 5) is 22.0. The molecule has 0 spiro atoms. The topological polar surface area (TPSA) is 93.1 Å². The normalized spacial score (nSPS) is 35.8. The fourth-order valence-corrected chi connectivity index (χ4v) is 4.33. The largest absolute Gasteiger partial charge is 0.460 e. The highest BCUT2D eigenvalue weighted by molar-refractivity contribution is 5.66. The number of hydrogen-bond donors (Lipinski definition) is 2. The second-order valence-corrected chi connectivity index (χ2v) is 7.72. The third-order valence-corrected chi connectivity index (χ3v) is 5.59. The summed E-state index contributed by atoms with van der Waals surface area (Å²) in [5, 5.41) is 20.2. The van der Waals surface area contributed by atoms with Crippen molar-refractivity contribution in [1.82, 2.24) is 0 Å². The van der Waals surface area contributed by atoms with Crippen molar-refractivity contribution in [3.63, 3.8) is 0 Å². The average Bonchev–Trinajstić information content (AvgIpc) is 2.52. The standard InChI is InChI=1S/C19H32O6/c1-12(20)24-18-8-6-14(10-16(18)22)4-3-5-15-7-9-19(17(23)11-15)25-13(2)21/h14-19,22-23H,3-11H2,1-2H3. The minimum Gasteiger partial charge on any atom is -0.460 e. The molecule has 2 rings (SSSR count). The molecule has 2 fully saturated rings. The molecule has 0 aliphatic heterocycles. The van der Waals surface area contributed by atoms with Crippen molar-refractivity contribution < 1.29 is 29.3 Å². The maximum Gasteiger partial charge on any atom is 0.302 e. The molecule has 0 bridgehead atoms. The number of ether oxygens (including phenoxy) is 2. The molecule has 0 saturated heterocycles. The highest BCUT2D eigenvalue weighted by Crippen LogP contribution is 2.34. The van der Waals surface area contributed by atoms with E-state index >= 15 is 0 Å². The van der Waals surface area contributed by atoms with E-state index in [0.717, 1.165) is 44.9 Å². The van der Waals surface area contributed by atoms with E-state index < -0.39 is 12.2 Å². The van der Waals surface area contributed by atoms with Crippen LogP contribution >= 0.6 is 0 Å². The number of hydrogen-bond acceptors (Lipinski definition) is 6. The van der Waals surface area contributed by atoms with Crippen LogP contribution in [0.2, 0.25) is 0 Å². The van der Waals surface area contributed by atoms with Crippen LogP contribution in [0.3, 0.4) is 0 Å². The molecule has 6 heteroatoms. The number of esters is 2. The first-order valence-corrected chi connectivity index (χ1v) is 9.55. The minimum atomic E-state index is -0.552. The van der Waals surface area contributed by atoms with Gasteiger partial charge in [-0.25, -0.2) is 0 Å². The Morgan fingerprint density at radius 2 is 1.20 bits per heavy atom. The molecule has 0 amide bonds. The monoisotopic (exact) mass is 356 g/mol. The van der Waals surface area contributed by atoms with Crippen molar-refractivity contribution in [1.29, 1.82) is 0 Å². The summed E-state index contributed by atoms with van der Waals surface area (Å²) in [6, 6.07) is 0. The Kier molecular flexibility index (Phi) is 7.69. The molecular formula is C19H32O6. The second kappa shape index (κ2) is 9.53. The Bertz CT molecular complexity index is 411. The number of rotatable bonds is 6. The zero-order chi connectivity index (χ0) is 18.4. The van der Waals surface area contributed by atoms with Gasteiger partial charge in [-0.3, -0.25) is 9.59 Å². The van der Waals surface area contributed by atoms with E-state index in [9.17, 15) is 19.8 Å². The highest BCUT2D eigenvalue weighted by atomic mass is 16.6. The van der Waals surface area contributed by atoms with Gasteiger partial charge in [-0.15, -0.1) is 0 Å². The lowest BCUT2D eigenvalue weighted by Crippen LogP contribution is -2.37. The summed E-state index contributed by atoms with van der Waals surface area (Å²) in [6.07, 6.45) is 6.22. The van der Waals surface area contributed by atoms with E-state index in [-0.39, 0.29) is 24.1 Å². The molecule has 6 nitrogen and oxygen atoms in total. The number of carbonyl (C=O) groups is 2. The molecule has 6 unspecified atom stereocenters. The van der Waals surface area contributed by atoms with Crippen molar-refractivity contribution in [2.45, 2.75) is 96.1 Å². The van der Waals surface area contributed by atoms with Crippen LogP contribution in [0.4, 0.5) is 0 Å². The third-order valence-electron chi connectivity index (χ3n) is 5.59. The summed E-state index contributed by atoms with van der Waals surface area (Å²) < 4.78 is 10.3. The number of carbonyl (C=O) groups excluding carboxylic acids is 2. The average molecular weight is 356 g/mol. The van der Waals surface area contributed by atoms with Crippen LogP contribution in [0.1, 0.15) is 71.6 Å². The van der Waals surface area contributed by atoms with Gasteiger partial charge in [0, 0.05) is 13.8 Å². The molecule has 25 heavy (non-hydrogen) atoms. The van der Waals surface area contributed by atoms with Crippen molar-refractivity contribution in [2.24, 2.45) is 11.8 Å². The van der Waals surface area contributed by atoms with E-state index in [1.165, 1.54) is 13.8 Å². The zero-order valence-electron chi connectivity index (χ0n) is 15.4. The Morgan fingerprint density at radius 3 is 1.52 bits per heavy atom. The summed E-state index contributed by atoms with van der Waals surface area (Å²) in [5.74, 6) is 0.295. The Morgan fingerprint density at radius 1 is 0.800 bits per heavy atom. The van der Waals surface area contributed by atoms with Gasteiger partial charge in [-0.05, 0) is 50.4 Å². The molecule has 2 aliphatic rings. The lowest BCUT2D eigenvalue weighted by atomic mass is 9.79. The molecule has 2 aliphatic carbocycles. The van der Waals surface area contributed by atoms with Gasteiger partial charge in [0.25, 0.3) is 0 Å². The van der Waals surface area contributed by atoms with Crippen LogP contribution in [0, 0.1) is 11.8 Å². The lowest BCUT2D eigenvalue weighted by molar-refractivity contribution is -0.156. The molecule has 0 aromatic heterocycles. The zero-order valence-corrected chi connectivity index (χ0v) is 15.4. The van der Waals surface area contributed by atoms with Crippen LogP contribution in [0.25, 0.3) is 0 Å². The SMILES string of the molecule is CC(=O)OC1CCC(CCCC2CCC(OC(C)=O)C(O)C2)CC1O. The number of aliphatic hydroxyl groups excluding tert-OH is 2. The van der Waals surface area contributed by atoms with Gasteiger partial charge >= 0.3 is 11.9 Å². The lowest BCUT2D eigenvalue weighted by Gasteiger charge is -2.34. The van der Waals surface area contributed by atoms with Crippen LogP contribution in [0.15, 0.2) is 0 Å². The molecule has 6 atom stereocenters. The molecule has 2 N–H and O–H groups in total. The Labute approximate surface area is 149 Å². The van der Waals surface area contributed by atoms with Gasteiger partial charge < -0.3 is 19.7 Å². The maximum absolute atomic E-state index is 11.0. The van der Waals surface area contributed by atoms with E-state index in [1.54, 1.807) is 0 Å². The van der Waals surface area contributed by atoms with Gasteiger partial charge in [0.15, 0.2) is 0 Å². The van der Waals surface area contributed by atoms with Crippen LogP contribution in [0.5, 0.6) is 0 Å². The van der Waals surface area contributed by atoms with Crippen molar-refractivity contribution in [3.8, 4) is 0 Å². The summed E-state index contributed by atoms with van der Waals surface area (Å²) in [5.41, 5.74) is 0. The van der Waals surface area contributed by atoms with Crippen LogP contribution in [-0.4, -0.2) is 46.6 Å². The van der Waals surface area contributed by atoms with Crippen LogP contribution < -0.4 is 0 Å². The smallest absolute Gasteiger partial charge is 0.302 e. The van der Waals surface area contributed by atoms with E-state index in [1.807, 2.05) is 0 Å². The molecule has 0 aromatic rings. The van der Waals surface area contributed by atoms with E-state index in [0.29, 0.717) is 24.7 Å². The molecule has 144 valence electrons. The molecular weight excluding hydrogens is 324 g/mol. The predicted octanol–water partition coefficient (Wildman–Crippen LogP) is 2.34. The number of aliphatic hydroxyl groups is 2. The predicted molar refractivity (Wildman–Crippen MR) is 91.7 cm³/mol. The van der Waals surface area contributed by atoms with Gasteiger partial charge in [0.05, 0.1) is 12.2 Å². The van der Waals surface area contributed by atoms with E-state index in [4.69, 9.17) is 9.47 Å². The minimum absolute atomic E-state index is 0.328. The van der Waals surface area contributed by atoms with E-state index in [2.05, 4.69) is 0 Å². The summed E-state index contributed by atoms with van der Waals surface area (Å²) >= 11 is 0. The van der Waals surface area contributed by atoms with Crippen molar-refractivity contribution in [2.75, 3.05) is 0 Å². The fraction of sp³-hybridized carbons (Fsp3) is 0.895. The third kappa shape index (κ3) is 6.59. The first-order valence-electron chi connectivity index (χ1n) is 9.55. The Hall–Kier alpha value is -1.14. The van der Waals surface area contributed by atoms with Gasteiger partial charge in [0.1, 0.15) is 12.2 Å². The molecule has 0 aromatic carbocycles. The van der Waals surface area contributed by atoms with Gasteiger partial charge in [0.2, 0.25) is 0 Å². The fourth-order valence-electron chi connectivity index (χ4n) is 4.33. The maximum atomic E-state index is 11.0. The quantitative estimate of drug-likeness (QED) is 0.710. The van der Waals surface area contributed by atoms with Crippen molar-refractivity contribution in [3.05, 3.63) is 0 Å². The Balaban J connectivity index is 1.63. The molecule has 0 radical (unpaired) electrons. The van der Waals surface area contributed by atoms with Gasteiger partial charge in [-0.2, -0.15) is 0 Å². The molecule has 0 heterocycles. The first-order chi connectivity index (χ1) is 11.8. The highest BCUT2D eigenvalue weighted by Gasteiger charge is 2.33. The summed E-state index contributed by atoms with van der Waals surface area (Å²) in [7, 11) is 0. The van der Waals surface area contributed by atoms with Crippen LogP contribution in [-0.2, 0) is 19.1 Å². The molecule has 2 saturated carbocycles. The van der Waals surface area contributed by atoms with Gasteiger partial charge in [-0.1, -0.05) is 19.3 Å². The van der Waals surface area contributed by atoms with Crippen molar-refractivity contribution >= 4 is 11.9 Å². The second-order valence-electron chi connectivity index (χ2n) is 7.72. The summed E-state index contributed by atoms with van der Waals surface area (Å²) in [6.45, 7) is 2.76.